The van der Waals surface area contributed by atoms with E-state index in [1.54, 1.807) is 49.8 Å². The van der Waals surface area contributed by atoms with Gasteiger partial charge in [0.1, 0.15) is 23.0 Å². The molecule has 0 fully saturated rings. The first kappa shape index (κ1) is 19.4. The predicted molar refractivity (Wildman–Crippen MR) is 110 cm³/mol. The number of rotatable bonds is 5. The van der Waals surface area contributed by atoms with Crippen LogP contribution >= 0.6 is 11.6 Å². The summed E-state index contributed by atoms with van der Waals surface area (Å²) in [5, 5.41) is 21.3. The number of carbonyl (C=O) groups is 1. The number of amides is 1. The van der Waals surface area contributed by atoms with Gasteiger partial charge in [-0.25, -0.2) is 9.50 Å². The maximum absolute atomic E-state index is 13.0. The number of fused-ring (bicyclic) bond motifs is 1. The first-order valence-electron chi connectivity index (χ1n) is 8.94. The average molecular weight is 422 g/mol. The van der Waals surface area contributed by atoms with Crippen molar-refractivity contribution in [2.45, 2.75) is 13.0 Å². The number of hydrogen-bond acceptors (Lipinski definition) is 6. The van der Waals surface area contributed by atoms with Gasteiger partial charge in [0.25, 0.3) is 5.91 Å². The smallest absolute Gasteiger partial charge is 0.261 e. The van der Waals surface area contributed by atoms with E-state index in [0.29, 0.717) is 38.9 Å². The Balaban J connectivity index is 1.79. The van der Waals surface area contributed by atoms with Crippen LogP contribution < -0.4 is 10.1 Å². The molecule has 3 heterocycles. The zero-order chi connectivity index (χ0) is 21.3. The Morgan fingerprint density at radius 2 is 2.23 bits per heavy atom. The standard InChI is InChI=1S/C20H16ClN7O2/c1-12(9-22)28-11-16(18(26-28)14-8-13(21)4-5-17(14)30-2)25-20(29)15-10-24-27-7-3-6-23-19(15)27/h3-8,10-12H,1-2H3,(H,25,29). The molecule has 3 aromatic heterocycles. The highest BCUT2D eigenvalue weighted by Crippen LogP contribution is 2.36. The Bertz CT molecular complexity index is 1290. The molecule has 0 saturated carbocycles. The maximum Gasteiger partial charge on any atom is 0.261 e. The van der Waals surface area contributed by atoms with Crippen molar-refractivity contribution in [1.29, 1.82) is 5.26 Å². The summed E-state index contributed by atoms with van der Waals surface area (Å²) in [7, 11) is 1.53. The second-order valence-corrected chi connectivity index (χ2v) is 6.86. The fourth-order valence-corrected chi connectivity index (χ4v) is 3.15. The Kier molecular flexibility index (Phi) is 5.08. The number of halogens is 1. The van der Waals surface area contributed by atoms with Crippen LogP contribution in [0.3, 0.4) is 0 Å². The summed E-state index contributed by atoms with van der Waals surface area (Å²) in [5.74, 6) is 0.123. The Labute approximate surface area is 176 Å². The van der Waals surface area contributed by atoms with Gasteiger partial charge in [0.15, 0.2) is 5.65 Å². The van der Waals surface area contributed by atoms with Crippen molar-refractivity contribution in [1.82, 2.24) is 24.4 Å². The number of anilines is 1. The van der Waals surface area contributed by atoms with Crippen molar-refractivity contribution >= 4 is 28.8 Å². The van der Waals surface area contributed by atoms with Gasteiger partial charge < -0.3 is 10.1 Å². The van der Waals surface area contributed by atoms with Crippen molar-refractivity contribution in [2.24, 2.45) is 0 Å². The summed E-state index contributed by atoms with van der Waals surface area (Å²) < 4.78 is 8.41. The first-order chi connectivity index (χ1) is 14.5. The fraction of sp³-hybridized carbons (Fsp3) is 0.150. The molecule has 150 valence electrons. The van der Waals surface area contributed by atoms with Gasteiger partial charge in [0, 0.05) is 23.0 Å². The first-order valence-corrected chi connectivity index (χ1v) is 9.32. The van der Waals surface area contributed by atoms with Gasteiger partial charge in [-0.15, -0.1) is 0 Å². The minimum Gasteiger partial charge on any atom is -0.496 e. The number of hydrogen-bond donors (Lipinski definition) is 1. The normalized spacial score (nSPS) is 11.8. The van der Waals surface area contributed by atoms with E-state index in [-0.39, 0.29) is 0 Å². The summed E-state index contributed by atoms with van der Waals surface area (Å²) >= 11 is 6.18. The molecule has 4 aromatic rings. The zero-order valence-electron chi connectivity index (χ0n) is 16.1. The molecule has 0 saturated heterocycles. The van der Waals surface area contributed by atoms with Crippen LogP contribution in [0.15, 0.2) is 49.1 Å². The van der Waals surface area contributed by atoms with E-state index in [0.717, 1.165) is 0 Å². The summed E-state index contributed by atoms with van der Waals surface area (Å²) in [4.78, 5) is 17.2. The lowest BCUT2D eigenvalue weighted by Gasteiger charge is -2.09. The van der Waals surface area contributed by atoms with Crippen LogP contribution in [0.4, 0.5) is 5.69 Å². The van der Waals surface area contributed by atoms with E-state index in [2.05, 4.69) is 26.6 Å². The number of ether oxygens (including phenoxy) is 1. The van der Waals surface area contributed by atoms with Gasteiger partial charge in [0.2, 0.25) is 0 Å². The molecule has 10 heteroatoms. The highest BCUT2D eigenvalue weighted by Gasteiger charge is 2.21. The van der Waals surface area contributed by atoms with E-state index in [1.807, 2.05) is 0 Å². The molecule has 9 nitrogen and oxygen atoms in total. The zero-order valence-corrected chi connectivity index (χ0v) is 16.8. The molecule has 1 amide bonds. The lowest BCUT2D eigenvalue weighted by molar-refractivity contribution is 0.102. The van der Waals surface area contributed by atoms with Crippen LogP contribution in [-0.2, 0) is 0 Å². The molecule has 1 N–H and O–H groups in total. The van der Waals surface area contributed by atoms with Crippen molar-refractivity contribution in [3.8, 4) is 23.1 Å². The maximum atomic E-state index is 13.0. The summed E-state index contributed by atoms with van der Waals surface area (Å²) in [6.45, 7) is 1.70. The van der Waals surface area contributed by atoms with Gasteiger partial charge in [-0.2, -0.15) is 15.5 Å². The molecule has 0 aliphatic carbocycles. The Morgan fingerprint density at radius 1 is 1.40 bits per heavy atom. The van der Waals surface area contributed by atoms with Gasteiger partial charge in [-0.3, -0.25) is 9.48 Å². The second-order valence-electron chi connectivity index (χ2n) is 6.42. The molecule has 1 unspecified atom stereocenters. The van der Waals surface area contributed by atoms with Gasteiger partial charge in [-0.1, -0.05) is 11.6 Å². The molecule has 0 aliphatic heterocycles. The van der Waals surface area contributed by atoms with Crippen LogP contribution in [0.5, 0.6) is 5.75 Å². The van der Waals surface area contributed by atoms with E-state index in [9.17, 15) is 10.1 Å². The molecule has 0 bridgehead atoms. The van der Waals surface area contributed by atoms with Gasteiger partial charge in [0.05, 0.1) is 31.3 Å². The quantitative estimate of drug-likeness (QED) is 0.527. The number of nitriles is 1. The third-order valence-electron chi connectivity index (χ3n) is 4.50. The van der Waals surface area contributed by atoms with E-state index < -0.39 is 11.9 Å². The largest absolute Gasteiger partial charge is 0.496 e. The molecular formula is C20H16ClN7O2. The molecule has 4 rings (SSSR count). The Morgan fingerprint density at radius 3 is 3.00 bits per heavy atom. The number of carbonyl (C=O) groups excluding carboxylic acids is 1. The summed E-state index contributed by atoms with van der Waals surface area (Å²) in [5.41, 5.74) is 2.14. The molecule has 30 heavy (non-hydrogen) atoms. The highest BCUT2D eigenvalue weighted by molar-refractivity contribution is 6.31. The minimum atomic E-state index is -0.543. The molecule has 1 atom stereocenters. The fourth-order valence-electron chi connectivity index (χ4n) is 2.98. The monoisotopic (exact) mass is 421 g/mol. The van der Waals surface area contributed by atoms with Crippen LogP contribution in [0.1, 0.15) is 23.3 Å². The highest BCUT2D eigenvalue weighted by atomic mass is 35.5. The molecule has 0 spiro atoms. The van der Waals surface area contributed by atoms with Gasteiger partial charge >= 0.3 is 0 Å². The molecular weight excluding hydrogens is 406 g/mol. The second kappa shape index (κ2) is 7.85. The summed E-state index contributed by atoms with van der Waals surface area (Å²) in [6, 6.07) is 8.40. The van der Waals surface area contributed by atoms with Crippen molar-refractivity contribution < 1.29 is 9.53 Å². The number of nitrogens with one attached hydrogen (secondary N) is 1. The number of nitrogens with zero attached hydrogens (tertiary/aromatic N) is 6. The van der Waals surface area contributed by atoms with Crippen LogP contribution in [0.25, 0.3) is 16.9 Å². The van der Waals surface area contributed by atoms with E-state index in [4.69, 9.17) is 16.3 Å². The van der Waals surface area contributed by atoms with Crippen LogP contribution in [-0.4, -0.2) is 37.4 Å². The van der Waals surface area contributed by atoms with Crippen molar-refractivity contribution in [2.75, 3.05) is 12.4 Å². The van der Waals surface area contributed by atoms with Crippen molar-refractivity contribution in [3.05, 3.63) is 59.6 Å². The van der Waals surface area contributed by atoms with Crippen LogP contribution in [0, 0.1) is 11.3 Å². The Hall–Kier alpha value is -3.90. The average Bonchev–Trinajstić information content (AvgIpc) is 3.37. The van der Waals surface area contributed by atoms with Crippen LogP contribution in [0.2, 0.25) is 5.02 Å². The van der Waals surface area contributed by atoms with Gasteiger partial charge in [-0.05, 0) is 31.2 Å². The van der Waals surface area contributed by atoms with E-state index >= 15 is 0 Å². The molecule has 0 radical (unpaired) electrons. The topological polar surface area (TPSA) is 110 Å². The SMILES string of the molecule is COc1ccc(Cl)cc1-c1nn(C(C)C#N)cc1NC(=O)c1cnn2cccnc12. The predicted octanol–water partition coefficient (Wildman–Crippen LogP) is 3.59. The number of aromatic nitrogens is 5. The number of benzene rings is 1. The lowest BCUT2D eigenvalue weighted by Crippen LogP contribution is -2.12. The number of methoxy groups -OCH3 is 1. The summed E-state index contributed by atoms with van der Waals surface area (Å²) in [6.07, 6.45) is 6.33. The third-order valence-corrected chi connectivity index (χ3v) is 4.74. The third kappa shape index (κ3) is 3.44. The van der Waals surface area contributed by atoms with Crippen molar-refractivity contribution in [3.63, 3.8) is 0 Å². The molecule has 0 aliphatic rings. The molecule has 1 aromatic carbocycles. The van der Waals surface area contributed by atoms with E-state index in [1.165, 1.54) is 22.5 Å². The lowest BCUT2D eigenvalue weighted by atomic mass is 10.1. The minimum absolute atomic E-state index is 0.306.